The van der Waals surface area contributed by atoms with E-state index in [2.05, 4.69) is 207 Å². The molecule has 25 rings (SSSR count). The number of aromatic nitrogens is 20. The van der Waals surface area contributed by atoms with Crippen molar-refractivity contribution in [3.05, 3.63) is 177 Å². The van der Waals surface area contributed by atoms with Crippen LogP contribution < -0.4 is 0 Å². The van der Waals surface area contributed by atoms with Gasteiger partial charge in [-0.05, 0) is 274 Å². The number of ether oxygens (including phenoxy) is 1. The highest BCUT2D eigenvalue weighted by Gasteiger charge is 2.34. The van der Waals surface area contributed by atoms with E-state index >= 15 is 0 Å². The Bertz CT molecular complexity index is 6550. The van der Waals surface area contributed by atoms with Crippen molar-refractivity contribution in [3.63, 3.8) is 0 Å². The second kappa shape index (κ2) is 41.0. The summed E-state index contributed by atoms with van der Waals surface area (Å²) in [5.74, 6) is 6.90. The zero-order valence-corrected chi connectivity index (χ0v) is 82.5. The monoisotopic (exact) mass is 1920 g/mol. The fourth-order valence-electron chi connectivity index (χ4n) is 21.4. The molecule has 0 spiro atoms. The second-order valence-corrected chi connectivity index (χ2v) is 43.0. The van der Waals surface area contributed by atoms with E-state index in [1.807, 2.05) is 31.0 Å². The van der Waals surface area contributed by atoms with Crippen molar-refractivity contribution in [2.75, 3.05) is 86.2 Å². The van der Waals surface area contributed by atoms with Crippen molar-refractivity contribution in [1.82, 2.24) is 118 Å². The molecule has 0 aromatic carbocycles. The molecule has 0 radical (unpaired) electrons. The minimum Gasteiger partial charge on any atom is -0.383 e. The minimum absolute atomic E-state index is 0.534. The Kier molecular flexibility index (Phi) is 28.0. The number of fused-ring (bicyclic) bond motifs is 5. The predicted molar refractivity (Wildman–Crippen MR) is 544 cm³/mol. The second-order valence-electron chi connectivity index (χ2n) is 40.9. The molecule has 10 fully saturated rings. The largest absolute Gasteiger partial charge is 0.383 e. The van der Waals surface area contributed by atoms with Crippen LogP contribution in [0.3, 0.4) is 0 Å². The smallest absolute Gasteiger partial charge is 0.138 e. The van der Waals surface area contributed by atoms with Crippen LogP contribution in [0.5, 0.6) is 0 Å². The summed E-state index contributed by atoms with van der Waals surface area (Å²) in [6.07, 6.45) is 58.4. The van der Waals surface area contributed by atoms with Crippen LogP contribution in [0.1, 0.15) is 227 Å². The van der Waals surface area contributed by atoms with Crippen molar-refractivity contribution in [3.8, 4) is 55.6 Å². The summed E-state index contributed by atoms with van der Waals surface area (Å²) in [4.78, 5) is 50.5. The molecule has 25 nitrogen and oxygen atoms in total. The maximum Gasteiger partial charge on any atom is 0.138 e. The normalized spacial score (nSPS) is 19.1. The molecule has 710 valence electrons. The summed E-state index contributed by atoms with van der Waals surface area (Å²) < 4.78 is 15.5. The Hall–Kier alpha value is -9.25. The first-order valence-electron chi connectivity index (χ1n) is 50.3. The first-order chi connectivity index (χ1) is 65.9. The van der Waals surface area contributed by atoms with Crippen LogP contribution >= 0.6 is 58.0 Å². The van der Waals surface area contributed by atoms with Gasteiger partial charge in [-0.15, -0.1) is 0 Å². The molecule has 6 saturated carbocycles. The average Bonchev–Trinajstić information content (AvgIpc) is 1.64. The van der Waals surface area contributed by atoms with Gasteiger partial charge in [0.15, 0.2) is 0 Å². The highest BCUT2D eigenvalue weighted by molar-refractivity contribution is 6.37. The lowest BCUT2D eigenvalue weighted by atomic mass is 9.87. The van der Waals surface area contributed by atoms with Crippen molar-refractivity contribution < 1.29 is 4.74 Å². The van der Waals surface area contributed by atoms with Crippen LogP contribution in [0.4, 0.5) is 0 Å². The maximum absolute atomic E-state index is 6.60. The van der Waals surface area contributed by atoms with E-state index in [1.54, 1.807) is 38.1 Å². The lowest BCUT2D eigenvalue weighted by Gasteiger charge is -2.34. The molecular weight excluding hydrogens is 1790 g/mol. The highest BCUT2D eigenvalue weighted by atomic mass is 35.5. The number of aromatic amines is 5. The van der Waals surface area contributed by atoms with Gasteiger partial charge in [-0.25, -0.2) is 24.9 Å². The summed E-state index contributed by atoms with van der Waals surface area (Å²) in [6.45, 7) is 24.0. The minimum atomic E-state index is 0.534. The molecule has 10 aliphatic rings. The van der Waals surface area contributed by atoms with Gasteiger partial charge >= 0.3 is 0 Å². The van der Waals surface area contributed by atoms with E-state index in [0.717, 1.165) is 245 Å². The van der Waals surface area contributed by atoms with Gasteiger partial charge in [0.25, 0.3) is 0 Å². The Morgan fingerprint density at radius 2 is 0.578 bits per heavy atom. The zero-order valence-electron chi connectivity index (χ0n) is 78.8. The van der Waals surface area contributed by atoms with E-state index in [0.29, 0.717) is 60.7 Å². The number of methoxy groups -OCH3 is 1. The van der Waals surface area contributed by atoms with Gasteiger partial charge < -0.3 is 49.3 Å². The highest BCUT2D eigenvalue weighted by Crippen LogP contribution is 2.47. The molecule has 0 bridgehead atoms. The van der Waals surface area contributed by atoms with Crippen LogP contribution in [0.2, 0.25) is 25.1 Å². The third-order valence-corrected chi connectivity index (χ3v) is 31.9. The third kappa shape index (κ3) is 21.8. The molecule has 0 unspecified atom stereocenters. The third-order valence-electron chi connectivity index (χ3n) is 30.5. The van der Waals surface area contributed by atoms with E-state index in [-0.39, 0.29) is 0 Å². The predicted octanol–water partition coefficient (Wildman–Crippen LogP) is 23.9. The van der Waals surface area contributed by atoms with E-state index in [1.165, 1.54) is 176 Å². The first kappa shape index (κ1) is 92.1. The van der Waals surface area contributed by atoms with Crippen molar-refractivity contribution in [2.45, 2.75) is 237 Å². The van der Waals surface area contributed by atoms with Crippen LogP contribution in [0.15, 0.2) is 123 Å². The Morgan fingerprint density at radius 1 is 0.326 bits per heavy atom. The first-order valence-corrected chi connectivity index (χ1v) is 52.2. The van der Waals surface area contributed by atoms with Gasteiger partial charge in [-0.3, -0.25) is 23.4 Å². The molecule has 6 aliphatic carbocycles. The number of piperidine rings is 4. The molecule has 135 heavy (non-hydrogen) atoms. The quantitative estimate of drug-likeness (QED) is 0.0357. The lowest BCUT2D eigenvalue weighted by Crippen LogP contribution is -2.37. The number of nitrogens with one attached hydrogen (secondary N) is 5. The molecule has 4 aliphatic heterocycles. The molecule has 15 aromatic heterocycles. The van der Waals surface area contributed by atoms with Crippen molar-refractivity contribution >= 4 is 113 Å². The number of rotatable bonds is 25. The lowest BCUT2D eigenvalue weighted by molar-refractivity contribution is 0.130. The Balaban J connectivity index is 0.000000101. The molecule has 15 aromatic rings. The molecule has 19 heterocycles. The zero-order chi connectivity index (χ0) is 91.9. The number of hydrogen-bond donors (Lipinski definition) is 5. The van der Waals surface area contributed by atoms with Crippen LogP contribution in [0, 0.1) is 29.6 Å². The summed E-state index contributed by atoms with van der Waals surface area (Å²) in [7, 11) is 3.96. The molecular formula is C105H129Cl5N24O. The van der Waals surface area contributed by atoms with E-state index < -0.39 is 0 Å². The van der Waals surface area contributed by atoms with Crippen LogP contribution in [0.25, 0.3) is 111 Å². The number of likely N-dealkylation sites (tertiary alicyclic amines) is 4. The van der Waals surface area contributed by atoms with Gasteiger partial charge in [0.2, 0.25) is 0 Å². The van der Waals surface area contributed by atoms with Crippen molar-refractivity contribution in [1.29, 1.82) is 0 Å². The fraction of sp³-hybridized carbons (Fsp3) is 0.524. The van der Waals surface area contributed by atoms with E-state index in [4.69, 9.17) is 62.7 Å². The number of halogens is 5. The average molecular weight is 1920 g/mol. The number of pyridine rings is 5. The summed E-state index contributed by atoms with van der Waals surface area (Å²) in [5, 5.41) is 31.8. The van der Waals surface area contributed by atoms with Gasteiger partial charge in [-0.1, -0.05) is 84.2 Å². The standard InChI is InChI=1S/C22H28ClN5O.C22H28ClN5.C21H26ClN5.C20H24ClN5.C20H23ClN4/c1-29-9-8-27-6-4-16(5-7-27)20-10-18-21(19(23)12-24-22(18)26-20)17-11-25-28(14-17)13-15-2-3-15;1-14(2)27-7-5-16(6-8-27)20-9-18-21(19(23)11-24-22(18)26-20)17-10-25-28(13-17)12-15-3-4-15;1-2-26-7-5-15(6-8-26)19-9-17-20(18(22)11-23-21(17)25-19)16-10-24-27(13-16)12-14-3-4-14;1-25-6-4-14(5-7-25)18-8-16-19(17(21)10-22-20(16)24-18)15-9-23-26(12-15)11-13-2-3-13;21-17-10-22-20-16(8-18(24-20)14-4-2-1-3-5-14)19(17)15-9-23-25(12-15)11-13-6-7-13/h10-12,14-16H,2-9,13H2,1H3,(H,24,26);9-11,13-16H,3-8,12H2,1-2H3,(H,24,26);9-11,13-15H,2-8,12H2,1H3,(H,23,25);8-10,12-14H,2-7,11H2,1H3,(H,22,24);8-10,12-14H,1-7,11H2,(H,22,24). The Morgan fingerprint density at radius 3 is 0.830 bits per heavy atom. The van der Waals surface area contributed by atoms with Gasteiger partial charge in [0.1, 0.15) is 28.2 Å². The topological polar surface area (TPSA) is 255 Å². The molecule has 0 amide bonds. The van der Waals surface area contributed by atoms with E-state index in [9.17, 15) is 0 Å². The SMILES string of the molecule is CC(C)N1CCC(c2cc3c(-c4cnn(CC5CC5)c4)c(Cl)cnc3[nH]2)CC1.CCN1CCC(c2cc3c(-c4cnn(CC5CC5)c4)c(Cl)cnc3[nH]2)CC1.CN1CCC(c2cc3c(-c4cnn(CC5CC5)c4)c(Cl)cnc3[nH]2)CC1.COCCN1CCC(c2cc3c(-c4cnn(CC5CC5)c4)c(Cl)cnc3[nH]2)CC1.Clc1cnc2[nH]c(C3CCCCC3)cc2c1-c1cnn(CC2CC2)c1. The van der Waals surface area contributed by atoms with Crippen LogP contribution in [-0.2, 0) is 37.5 Å². The molecule has 30 heteroatoms. The van der Waals surface area contributed by atoms with Gasteiger partial charge in [0, 0.05) is 249 Å². The number of H-pyrrole nitrogens is 5. The summed E-state index contributed by atoms with van der Waals surface area (Å²) in [6, 6.07) is 12.0. The number of nitrogens with zero attached hydrogens (tertiary/aromatic N) is 19. The van der Waals surface area contributed by atoms with Gasteiger partial charge in [-0.2, -0.15) is 25.5 Å². The molecule has 5 N–H and O–H groups in total. The number of hydrogen-bond acceptors (Lipinski definition) is 15. The van der Waals surface area contributed by atoms with Crippen molar-refractivity contribution in [2.24, 2.45) is 29.6 Å². The van der Waals surface area contributed by atoms with Crippen LogP contribution in [-0.4, -0.2) is 211 Å². The summed E-state index contributed by atoms with van der Waals surface area (Å²) >= 11 is 32.9. The Labute approximate surface area is 815 Å². The molecule has 0 atom stereocenters. The molecule has 4 saturated heterocycles. The fourth-order valence-corrected chi connectivity index (χ4v) is 22.7. The maximum atomic E-state index is 6.60. The summed E-state index contributed by atoms with van der Waals surface area (Å²) in [5.41, 5.74) is 21.8. The van der Waals surface area contributed by atoms with Gasteiger partial charge in [0.05, 0.1) is 62.7 Å².